The zero-order valence-corrected chi connectivity index (χ0v) is 8.82. The average molecular weight is 224 g/mol. The van der Waals surface area contributed by atoms with Crippen LogP contribution in [0.4, 0.5) is 0 Å². The SMILES string of the molecule is O=Cc1ccc2nc(-c3cccnc3)nn2c1. The number of fused-ring (bicyclic) bond motifs is 1. The number of hydrogen-bond donors (Lipinski definition) is 0. The van der Waals surface area contributed by atoms with E-state index in [9.17, 15) is 4.79 Å². The molecule has 17 heavy (non-hydrogen) atoms. The van der Waals surface area contributed by atoms with Crippen molar-refractivity contribution in [3.8, 4) is 11.4 Å². The second kappa shape index (κ2) is 3.79. The molecule has 0 aliphatic rings. The normalized spacial score (nSPS) is 10.6. The Labute approximate surface area is 96.8 Å². The van der Waals surface area contributed by atoms with E-state index < -0.39 is 0 Å². The number of hydrogen-bond acceptors (Lipinski definition) is 4. The molecule has 0 amide bonds. The molecule has 0 unspecified atom stereocenters. The number of nitrogens with zero attached hydrogens (tertiary/aromatic N) is 4. The monoisotopic (exact) mass is 224 g/mol. The van der Waals surface area contributed by atoms with Crippen molar-refractivity contribution < 1.29 is 4.79 Å². The lowest BCUT2D eigenvalue weighted by molar-refractivity contribution is 0.112. The molecule has 3 aromatic rings. The van der Waals surface area contributed by atoms with Gasteiger partial charge in [-0.15, -0.1) is 5.10 Å². The number of rotatable bonds is 2. The van der Waals surface area contributed by atoms with E-state index in [1.54, 1.807) is 35.2 Å². The van der Waals surface area contributed by atoms with Gasteiger partial charge in [0.05, 0.1) is 0 Å². The molecule has 0 fully saturated rings. The zero-order valence-electron chi connectivity index (χ0n) is 8.82. The summed E-state index contributed by atoms with van der Waals surface area (Å²) in [6.45, 7) is 0. The van der Waals surface area contributed by atoms with Gasteiger partial charge >= 0.3 is 0 Å². The van der Waals surface area contributed by atoms with Crippen molar-refractivity contribution in [2.24, 2.45) is 0 Å². The molecular weight excluding hydrogens is 216 g/mol. The molecule has 0 aliphatic heterocycles. The second-order valence-electron chi connectivity index (χ2n) is 3.56. The number of carbonyl (C=O) groups excluding carboxylic acids is 1. The molecule has 0 aliphatic carbocycles. The summed E-state index contributed by atoms with van der Waals surface area (Å²) in [7, 11) is 0. The van der Waals surface area contributed by atoms with E-state index in [4.69, 9.17) is 0 Å². The van der Waals surface area contributed by atoms with E-state index in [0.717, 1.165) is 11.8 Å². The van der Waals surface area contributed by atoms with Crippen LogP contribution in [0.5, 0.6) is 0 Å². The molecule has 3 rings (SSSR count). The van der Waals surface area contributed by atoms with Crippen LogP contribution in [0, 0.1) is 0 Å². The van der Waals surface area contributed by atoms with Gasteiger partial charge in [0.1, 0.15) is 0 Å². The van der Waals surface area contributed by atoms with Gasteiger partial charge in [-0.1, -0.05) is 0 Å². The van der Waals surface area contributed by atoms with E-state index >= 15 is 0 Å². The van der Waals surface area contributed by atoms with Crippen LogP contribution in [-0.4, -0.2) is 25.9 Å². The van der Waals surface area contributed by atoms with E-state index in [2.05, 4.69) is 15.1 Å². The lowest BCUT2D eigenvalue weighted by Crippen LogP contribution is -1.90. The molecule has 0 spiro atoms. The van der Waals surface area contributed by atoms with Gasteiger partial charge in [-0.25, -0.2) is 9.50 Å². The van der Waals surface area contributed by atoms with Crippen molar-refractivity contribution in [1.82, 2.24) is 19.6 Å². The van der Waals surface area contributed by atoms with E-state index in [1.807, 2.05) is 12.1 Å². The third kappa shape index (κ3) is 1.67. The van der Waals surface area contributed by atoms with Gasteiger partial charge in [0, 0.05) is 29.7 Å². The lowest BCUT2D eigenvalue weighted by atomic mass is 10.3. The third-order valence-electron chi connectivity index (χ3n) is 2.41. The molecule has 5 heteroatoms. The summed E-state index contributed by atoms with van der Waals surface area (Å²) in [5, 5.41) is 4.30. The Bertz CT molecular complexity index is 675. The molecule has 0 radical (unpaired) electrons. The molecule has 0 aromatic carbocycles. The minimum Gasteiger partial charge on any atom is -0.298 e. The molecule has 3 aromatic heterocycles. The Morgan fingerprint density at radius 2 is 2.18 bits per heavy atom. The number of pyridine rings is 2. The van der Waals surface area contributed by atoms with Gasteiger partial charge in [0.15, 0.2) is 17.8 Å². The Kier molecular flexibility index (Phi) is 2.15. The van der Waals surface area contributed by atoms with Crippen LogP contribution in [0.3, 0.4) is 0 Å². The first-order valence-electron chi connectivity index (χ1n) is 5.09. The molecule has 0 atom stereocenters. The van der Waals surface area contributed by atoms with Gasteiger partial charge in [0.25, 0.3) is 0 Å². The maximum atomic E-state index is 10.7. The average Bonchev–Trinajstić information content (AvgIpc) is 2.82. The summed E-state index contributed by atoms with van der Waals surface area (Å²) >= 11 is 0. The predicted octanol–water partition coefficient (Wildman–Crippen LogP) is 1.60. The Balaban J connectivity index is 2.17. The highest BCUT2D eigenvalue weighted by Gasteiger charge is 2.06. The highest BCUT2D eigenvalue weighted by molar-refractivity contribution is 5.75. The van der Waals surface area contributed by atoms with Crippen molar-refractivity contribution in [2.75, 3.05) is 0 Å². The number of aromatic nitrogens is 4. The molecule has 0 bridgehead atoms. The summed E-state index contributed by atoms with van der Waals surface area (Å²) in [6.07, 6.45) is 5.83. The summed E-state index contributed by atoms with van der Waals surface area (Å²) in [6, 6.07) is 7.20. The van der Waals surface area contributed by atoms with Crippen LogP contribution in [-0.2, 0) is 0 Å². The summed E-state index contributed by atoms with van der Waals surface area (Å²) in [5.74, 6) is 0.598. The minimum absolute atomic E-state index is 0.570. The first-order chi connectivity index (χ1) is 8.36. The Hall–Kier alpha value is -2.56. The van der Waals surface area contributed by atoms with Crippen LogP contribution < -0.4 is 0 Å². The molecular formula is C12H8N4O. The largest absolute Gasteiger partial charge is 0.298 e. The Morgan fingerprint density at radius 3 is 2.94 bits per heavy atom. The summed E-state index contributed by atoms with van der Waals surface area (Å²) < 4.78 is 1.59. The molecule has 0 saturated carbocycles. The molecule has 0 saturated heterocycles. The van der Waals surface area contributed by atoms with Crippen LogP contribution in [0.2, 0.25) is 0 Å². The summed E-state index contributed by atoms with van der Waals surface area (Å²) in [5.41, 5.74) is 2.12. The maximum absolute atomic E-state index is 10.7. The van der Waals surface area contributed by atoms with E-state index in [1.165, 1.54) is 0 Å². The maximum Gasteiger partial charge on any atom is 0.183 e. The van der Waals surface area contributed by atoms with E-state index in [-0.39, 0.29) is 0 Å². The second-order valence-corrected chi connectivity index (χ2v) is 3.56. The molecule has 3 heterocycles. The number of aldehydes is 1. The van der Waals surface area contributed by atoms with Gasteiger partial charge in [0.2, 0.25) is 0 Å². The molecule has 0 N–H and O–H groups in total. The Morgan fingerprint density at radius 1 is 1.24 bits per heavy atom. The van der Waals surface area contributed by atoms with Crippen LogP contribution in [0.25, 0.3) is 17.0 Å². The predicted molar refractivity (Wildman–Crippen MR) is 61.6 cm³/mol. The fraction of sp³-hybridized carbons (Fsp3) is 0. The van der Waals surface area contributed by atoms with Crippen LogP contribution in [0.15, 0.2) is 42.9 Å². The molecule has 82 valence electrons. The fourth-order valence-corrected chi connectivity index (χ4v) is 1.59. The van der Waals surface area contributed by atoms with Crippen LogP contribution in [0.1, 0.15) is 10.4 Å². The molecule has 5 nitrogen and oxygen atoms in total. The van der Waals surface area contributed by atoms with Crippen LogP contribution >= 0.6 is 0 Å². The topological polar surface area (TPSA) is 60.2 Å². The van der Waals surface area contributed by atoms with Crippen molar-refractivity contribution in [2.45, 2.75) is 0 Å². The first kappa shape index (κ1) is 9.65. The highest BCUT2D eigenvalue weighted by Crippen LogP contribution is 2.14. The lowest BCUT2D eigenvalue weighted by Gasteiger charge is -1.91. The minimum atomic E-state index is 0.570. The van der Waals surface area contributed by atoms with Crippen molar-refractivity contribution in [3.63, 3.8) is 0 Å². The summed E-state index contributed by atoms with van der Waals surface area (Å²) in [4.78, 5) is 19.0. The van der Waals surface area contributed by atoms with Gasteiger partial charge in [-0.05, 0) is 24.3 Å². The standard InChI is InChI=1S/C12H8N4O/c17-8-9-3-4-11-14-12(15-16(11)7-9)10-2-1-5-13-6-10/h1-8H. The fourth-order valence-electron chi connectivity index (χ4n) is 1.59. The smallest absolute Gasteiger partial charge is 0.183 e. The van der Waals surface area contributed by atoms with Gasteiger partial charge in [-0.3, -0.25) is 9.78 Å². The zero-order chi connectivity index (χ0) is 11.7. The number of carbonyl (C=O) groups is 1. The van der Waals surface area contributed by atoms with E-state index in [0.29, 0.717) is 17.0 Å². The van der Waals surface area contributed by atoms with Gasteiger partial charge < -0.3 is 0 Å². The van der Waals surface area contributed by atoms with Crippen molar-refractivity contribution >= 4 is 11.9 Å². The van der Waals surface area contributed by atoms with Crippen molar-refractivity contribution in [3.05, 3.63) is 48.4 Å². The highest BCUT2D eigenvalue weighted by atomic mass is 16.1. The quantitative estimate of drug-likeness (QED) is 0.620. The van der Waals surface area contributed by atoms with Gasteiger partial charge in [-0.2, -0.15) is 0 Å². The third-order valence-corrected chi connectivity index (χ3v) is 2.41. The van der Waals surface area contributed by atoms with Crippen molar-refractivity contribution in [1.29, 1.82) is 0 Å². The first-order valence-corrected chi connectivity index (χ1v) is 5.09.